The summed E-state index contributed by atoms with van der Waals surface area (Å²) < 4.78 is 0. The third-order valence-corrected chi connectivity index (χ3v) is 5.60. The molecule has 1 atom stereocenters. The second kappa shape index (κ2) is 10.2. The summed E-state index contributed by atoms with van der Waals surface area (Å²) in [6.07, 6.45) is 2.99. The average molecular weight is 440 g/mol. The number of hydrogen-bond donors (Lipinski definition) is 2. The minimum atomic E-state index is -0.500. The Bertz CT molecular complexity index is 972. The first kappa shape index (κ1) is 23.2. The van der Waals surface area contributed by atoms with Crippen LogP contribution in [-0.2, 0) is 4.79 Å². The Labute approximate surface area is 187 Å². The van der Waals surface area contributed by atoms with E-state index in [0.29, 0.717) is 31.6 Å². The van der Waals surface area contributed by atoms with Gasteiger partial charge < -0.3 is 15.5 Å². The number of nitro groups is 1. The van der Waals surface area contributed by atoms with Crippen LogP contribution in [0.15, 0.2) is 42.6 Å². The molecular weight excluding hydrogens is 410 g/mol. The van der Waals surface area contributed by atoms with Crippen molar-refractivity contribution in [2.24, 2.45) is 5.92 Å². The van der Waals surface area contributed by atoms with E-state index in [1.165, 1.54) is 6.07 Å². The van der Waals surface area contributed by atoms with Crippen molar-refractivity contribution in [1.29, 1.82) is 0 Å². The molecule has 9 heteroatoms. The zero-order valence-corrected chi connectivity index (χ0v) is 18.6. The molecule has 2 heterocycles. The lowest BCUT2D eigenvalue weighted by Crippen LogP contribution is -2.47. The molecule has 0 aliphatic carbocycles. The Morgan fingerprint density at radius 2 is 1.88 bits per heavy atom. The van der Waals surface area contributed by atoms with Crippen molar-refractivity contribution in [3.8, 4) is 0 Å². The van der Waals surface area contributed by atoms with Gasteiger partial charge in [-0.3, -0.25) is 24.7 Å². The van der Waals surface area contributed by atoms with Crippen LogP contribution in [0, 0.1) is 16.0 Å². The summed E-state index contributed by atoms with van der Waals surface area (Å²) in [6.45, 7) is 6.80. The highest BCUT2D eigenvalue weighted by Gasteiger charge is 2.26. The Hall–Kier alpha value is -3.49. The minimum absolute atomic E-state index is 0.0470. The van der Waals surface area contributed by atoms with E-state index in [0.717, 1.165) is 5.69 Å². The van der Waals surface area contributed by atoms with Gasteiger partial charge in [-0.1, -0.05) is 19.9 Å². The van der Waals surface area contributed by atoms with Crippen molar-refractivity contribution in [1.82, 2.24) is 15.2 Å². The fourth-order valence-electron chi connectivity index (χ4n) is 3.76. The van der Waals surface area contributed by atoms with Crippen LogP contribution in [0.5, 0.6) is 0 Å². The zero-order valence-electron chi connectivity index (χ0n) is 18.6. The van der Waals surface area contributed by atoms with Crippen molar-refractivity contribution >= 4 is 23.2 Å². The number of pyridine rings is 1. The van der Waals surface area contributed by atoms with E-state index in [-0.39, 0.29) is 41.1 Å². The van der Waals surface area contributed by atoms with Gasteiger partial charge in [-0.2, -0.15) is 0 Å². The third kappa shape index (κ3) is 5.60. The summed E-state index contributed by atoms with van der Waals surface area (Å²) in [5, 5.41) is 17.7. The van der Waals surface area contributed by atoms with E-state index >= 15 is 0 Å². The predicted octanol–water partition coefficient (Wildman–Crippen LogP) is 3.54. The number of hydrogen-bond acceptors (Lipinski definition) is 6. The lowest BCUT2D eigenvalue weighted by Gasteiger charge is -2.33. The predicted molar refractivity (Wildman–Crippen MR) is 121 cm³/mol. The van der Waals surface area contributed by atoms with Gasteiger partial charge in [0.15, 0.2) is 0 Å². The summed E-state index contributed by atoms with van der Waals surface area (Å²) >= 11 is 0. The highest BCUT2D eigenvalue weighted by Crippen LogP contribution is 2.29. The van der Waals surface area contributed by atoms with E-state index < -0.39 is 4.92 Å². The maximum atomic E-state index is 12.7. The summed E-state index contributed by atoms with van der Waals surface area (Å²) in [5.41, 5.74) is 1.14. The van der Waals surface area contributed by atoms with Gasteiger partial charge >= 0.3 is 0 Å². The normalized spacial score (nSPS) is 15.3. The van der Waals surface area contributed by atoms with Crippen molar-refractivity contribution in [2.75, 3.05) is 18.4 Å². The lowest BCUT2D eigenvalue weighted by molar-refractivity contribution is -0.384. The van der Waals surface area contributed by atoms with Crippen LogP contribution < -0.4 is 10.6 Å². The minimum Gasteiger partial charge on any atom is -0.371 e. The SMILES string of the molecule is CC(C)C(=O)N1CCC(NC(=O)c2ccc(NC(C)c3ccccn3)c([N+](=O)[O-])c2)CC1. The molecule has 1 aliphatic heterocycles. The number of anilines is 1. The number of nitrogens with zero attached hydrogens (tertiary/aromatic N) is 3. The molecule has 1 saturated heterocycles. The van der Waals surface area contributed by atoms with Crippen LogP contribution in [0.3, 0.4) is 0 Å². The fraction of sp³-hybridized carbons (Fsp3) is 0.435. The van der Waals surface area contributed by atoms with Gasteiger partial charge in [-0.25, -0.2) is 0 Å². The number of amides is 2. The first-order chi connectivity index (χ1) is 15.3. The second-order valence-electron chi connectivity index (χ2n) is 8.34. The molecule has 1 fully saturated rings. The Morgan fingerprint density at radius 3 is 2.47 bits per heavy atom. The van der Waals surface area contributed by atoms with Crippen molar-refractivity contribution in [2.45, 2.75) is 45.7 Å². The van der Waals surface area contributed by atoms with Gasteiger partial charge in [0.05, 0.1) is 16.7 Å². The maximum absolute atomic E-state index is 12.7. The molecule has 0 radical (unpaired) electrons. The molecule has 0 spiro atoms. The second-order valence-corrected chi connectivity index (χ2v) is 8.34. The Morgan fingerprint density at radius 1 is 1.16 bits per heavy atom. The molecule has 2 N–H and O–H groups in total. The maximum Gasteiger partial charge on any atom is 0.293 e. The van der Waals surface area contributed by atoms with Crippen molar-refractivity contribution < 1.29 is 14.5 Å². The smallest absolute Gasteiger partial charge is 0.293 e. The third-order valence-electron chi connectivity index (χ3n) is 5.60. The zero-order chi connectivity index (χ0) is 23.3. The molecule has 32 heavy (non-hydrogen) atoms. The lowest BCUT2D eigenvalue weighted by atomic mass is 10.0. The summed E-state index contributed by atoms with van der Waals surface area (Å²) in [4.78, 5) is 42.1. The number of likely N-dealkylation sites (tertiary alicyclic amines) is 1. The number of aromatic nitrogens is 1. The number of carbonyl (C=O) groups excluding carboxylic acids is 2. The topological polar surface area (TPSA) is 117 Å². The first-order valence-corrected chi connectivity index (χ1v) is 10.8. The molecule has 9 nitrogen and oxygen atoms in total. The molecule has 2 aromatic rings. The first-order valence-electron chi connectivity index (χ1n) is 10.8. The average Bonchev–Trinajstić information content (AvgIpc) is 2.79. The monoisotopic (exact) mass is 439 g/mol. The highest BCUT2D eigenvalue weighted by atomic mass is 16.6. The van der Waals surface area contributed by atoms with E-state index in [1.807, 2.05) is 37.8 Å². The van der Waals surface area contributed by atoms with Crippen LogP contribution in [0.4, 0.5) is 11.4 Å². The molecule has 3 rings (SSSR count). The number of piperidine rings is 1. The van der Waals surface area contributed by atoms with Crippen molar-refractivity contribution in [3.63, 3.8) is 0 Å². The van der Waals surface area contributed by atoms with Crippen LogP contribution in [-0.4, -0.2) is 45.8 Å². The van der Waals surface area contributed by atoms with Gasteiger partial charge in [-0.05, 0) is 44.0 Å². The Balaban J connectivity index is 1.65. The molecule has 1 aromatic carbocycles. The van der Waals surface area contributed by atoms with Gasteiger partial charge in [0.25, 0.3) is 11.6 Å². The molecule has 1 aliphatic rings. The van der Waals surface area contributed by atoms with Crippen LogP contribution in [0.1, 0.15) is 55.7 Å². The van der Waals surface area contributed by atoms with E-state index in [1.54, 1.807) is 24.4 Å². The molecule has 1 unspecified atom stereocenters. The number of nitrogens with one attached hydrogen (secondary N) is 2. The van der Waals surface area contributed by atoms with Crippen LogP contribution in [0.25, 0.3) is 0 Å². The van der Waals surface area contributed by atoms with Gasteiger partial charge in [0, 0.05) is 42.9 Å². The molecule has 0 bridgehead atoms. The number of nitro benzene ring substituents is 1. The molecule has 0 saturated carbocycles. The Kier molecular flexibility index (Phi) is 7.40. The summed E-state index contributed by atoms with van der Waals surface area (Å²) in [6, 6.07) is 9.60. The molecule has 170 valence electrons. The molecule has 2 amide bonds. The van der Waals surface area contributed by atoms with E-state index in [4.69, 9.17) is 0 Å². The van der Waals surface area contributed by atoms with Gasteiger partial charge in [0.1, 0.15) is 5.69 Å². The largest absolute Gasteiger partial charge is 0.371 e. The van der Waals surface area contributed by atoms with Crippen LogP contribution >= 0.6 is 0 Å². The number of benzene rings is 1. The van der Waals surface area contributed by atoms with Crippen molar-refractivity contribution in [3.05, 3.63) is 64.0 Å². The highest BCUT2D eigenvalue weighted by molar-refractivity contribution is 5.96. The van der Waals surface area contributed by atoms with Gasteiger partial charge in [-0.15, -0.1) is 0 Å². The molecule has 1 aromatic heterocycles. The van der Waals surface area contributed by atoms with Gasteiger partial charge in [0.2, 0.25) is 5.91 Å². The summed E-state index contributed by atoms with van der Waals surface area (Å²) in [5.74, 6) is -0.284. The fourth-order valence-corrected chi connectivity index (χ4v) is 3.76. The number of carbonyl (C=O) groups is 2. The van der Waals surface area contributed by atoms with Crippen LogP contribution in [0.2, 0.25) is 0 Å². The number of rotatable bonds is 7. The quantitative estimate of drug-likeness (QED) is 0.503. The summed E-state index contributed by atoms with van der Waals surface area (Å²) in [7, 11) is 0. The van der Waals surface area contributed by atoms with E-state index in [2.05, 4.69) is 15.6 Å². The molecular formula is C23H29N5O4. The standard InChI is InChI=1S/C23H29N5O4/c1-15(2)23(30)27-12-9-18(10-13-27)26-22(29)17-7-8-20(21(14-17)28(31)32)25-16(3)19-6-4-5-11-24-19/h4-8,11,14-16,18,25H,9-10,12-13H2,1-3H3,(H,26,29). The van der Waals surface area contributed by atoms with E-state index in [9.17, 15) is 19.7 Å².